The van der Waals surface area contributed by atoms with E-state index >= 15 is 0 Å². The summed E-state index contributed by atoms with van der Waals surface area (Å²) in [7, 11) is 1.91. The lowest BCUT2D eigenvalue weighted by Crippen LogP contribution is -2.35. The largest absolute Gasteiger partial charge is 0.495 e. The number of methoxy groups -OCH3 is 1. The third-order valence-corrected chi connectivity index (χ3v) is 4.83. The van der Waals surface area contributed by atoms with Crippen LogP contribution in [0.2, 0.25) is 0 Å². The molecule has 0 aliphatic carbocycles. The highest BCUT2D eigenvalue weighted by molar-refractivity contribution is 7.92. The van der Waals surface area contributed by atoms with Crippen molar-refractivity contribution < 1.29 is 17.9 Å². The Morgan fingerprint density at radius 3 is 2.48 bits per heavy atom. The minimum absolute atomic E-state index is 0.0676. The van der Waals surface area contributed by atoms with Gasteiger partial charge in [0.1, 0.15) is 5.75 Å². The molecule has 0 saturated carbocycles. The van der Waals surface area contributed by atoms with E-state index in [4.69, 9.17) is 4.74 Å². The Kier molecular flexibility index (Phi) is 8.18. The number of benzene rings is 1. The zero-order chi connectivity index (χ0) is 19.0. The molecule has 1 aromatic carbocycles. The van der Waals surface area contributed by atoms with Gasteiger partial charge in [0.15, 0.2) is 0 Å². The van der Waals surface area contributed by atoms with Crippen LogP contribution in [0.1, 0.15) is 18.4 Å². The van der Waals surface area contributed by atoms with Crippen LogP contribution in [0.4, 0.5) is 5.69 Å². The first-order valence-electron chi connectivity index (χ1n) is 8.19. The fraction of sp³-hybridized carbons (Fsp3) is 0.588. The number of aryl methyl sites for hydroxylation is 1. The van der Waals surface area contributed by atoms with Crippen molar-refractivity contribution in [2.24, 2.45) is 0 Å². The number of amides is 1. The van der Waals surface area contributed by atoms with Crippen molar-refractivity contribution in [2.45, 2.75) is 19.8 Å². The number of nitrogens with zero attached hydrogens (tertiary/aromatic N) is 2. The topological polar surface area (TPSA) is 79.0 Å². The number of hydrogen-bond acceptors (Lipinski definition) is 5. The van der Waals surface area contributed by atoms with E-state index in [2.05, 4.69) is 5.32 Å². The predicted octanol–water partition coefficient (Wildman–Crippen LogP) is 1.23. The van der Waals surface area contributed by atoms with Crippen molar-refractivity contribution in [2.75, 3.05) is 51.4 Å². The van der Waals surface area contributed by atoms with Gasteiger partial charge in [-0.2, -0.15) is 0 Å². The van der Waals surface area contributed by atoms with Crippen LogP contribution in [0.3, 0.4) is 0 Å². The monoisotopic (exact) mass is 371 g/mol. The number of anilines is 1. The van der Waals surface area contributed by atoms with Crippen LogP contribution >= 0.6 is 0 Å². The molecule has 1 rings (SSSR count). The summed E-state index contributed by atoms with van der Waals surface area (Å²) < 4.78 is 30.9. The van der Waals surface area contributed by atoms with Crippen LogP contribution < -0.4 is 14.4 Å². The van der Waals surface area contributed by atoms with E-state index in [9.17, 15) is 13.2 Å². The molecule has 0 bridgehead atoms. The molecule has 25 heavy (non-hydrogen) atoms. The second kappa shape index (κ2) is 9.62. The number of rotatable bonds is 10. The van der Waals surface area contributed by atoms with E-state index in [1.807, 2.05) is 32.0 Å². The zero-order valence-corrected chi connectivity index (χ0v) is 16.5. The van der Waals surface area contributed by atoms with Crippen LogP contribution in [0.15, 0.2) is 18.2 Å². The Balaban J connectivity index is 2.76. The number of carbonyl (C=O) groups excluding carboxylic acids is 1. The third kappa shape index (κ3) is 7.31. The van der Waals surface area contributed by atoms with Crippen molar-refractivity contribution in [3.8, 4) is 5.75 Å². The van der Waals surface area contributed by atoms with Crippen LogP contribution in [-0.2, 0) is 14.8 Å². The summed E-state index contributed by atoms with van der Waals surface area (Å²) in [4.78, 5) is 14.0. The molecule has 0 radical (unpaired) electrons. The van der Waals surface area contributed by atoms with Crippen molar-refractivity contribution in [3.05, 3.63) is 23.8 Å². The number of ether oxygens (including phenoxy) is 1. The molecule has 1 aromatic rings. The summed E-state index contributed by atoms with van der Waals surface area (Å²) in [6.07, 6.45) is 2.07. The SMILES string of the molecule is COc1ccc(C)cc1N(CCC(=O)NCCCN(C)C)S(C)(=O)=O. The highest BCUT2D eigenvalue weighted by Crippen LogP contribution is 2.31. The number of hydrogen-bond donors (Lipinski definition) is 1. The molecule has 0 spiro atoms. The predicted molar refractivity (Wildman–Crippen MR) is 101 cm³/mol. The molecule has 0 aliphatic heterocycles. The molecular formula is C17H29N3O4S. The van der Waals surface area contributed by atoms with Gasteiger partial charge in [-0.05, 0) is 51.7 Å². The number of sulfonamides is 1. The van der Waals surface area contributed by atoms with E-state index in [0.29, 0.717) is 18.0 Å². The first-order valence-corrected chi connectivity index (χ1v) is 10.0. The van der Waals surface area contributed by atoms with Gasteiger partial charge in [-0.1, -0.05) is 6.07 Å². The minimum atomic E-state index is -3.53. The molecule has 0 unspecified atom stereocenters. The number of nitrogens with one attached hydrogen (secondary N) is 1. The van der Waals surface area contributed by atoms with Gasteiger partial charge in [-0.25, -0.2) is 8.42 Å². The van der Waals surface area contributed by atoms with E-state index < -0.39 is 10.0 Å². The zero-order valence-electron chi connectivity index (χ0n) is 15.7. The molecule has 142 valence electrons. The molecule has 1 N–H and O–H groups in total. The lowest BCUT2D eigenvalue weighted by Gasteiger charge is -2.24. The first kappa shape index (κ1) is 21.2. The van der Waals surface area contributed by atoms with Crippen molar-refractivity contribution >= 4 is 21.6 Å². The first-order chi connectivity index (χ1) is 11.6. The van der Waals surface area contributed by atoms with E-state index in [1.165, 1.54) is 11.4 Å². The quantitative estimate of drug-likeness (QED) is 0.626. The van der Waals surface area contributed by atoms with E-state index in [1.54, 1.807) is 12.1 Å². The Morgan fingerprint density at radius 2 is 1.92 bits per heavy atom. The summed E-state index contributed by atoms with van der Waals surface area (Å²) in [6, 6.07) is 5.32. The average Bonchev–Trinajstić information content (AvgIpc) is 2.50. The molecule has 7 nitrogen and oxygen atoms in total. The Morgan fingerprint density at radius 1 is 1.24 bits per heavy atom. The summed E-state index contributed by atoms with van der Waals surface area (Å²) in [5, 5.41) is 2.82. The van der Waals surface area contributed by atoms with Gasteiger partial charge in [0, 0.05) is 19.5 Å². The minimum Gasteiger partial charge on any atom is -0.495 e. The maximum absolute atomic E-state index is 12.2. The van der Waals surface area contributed by atoms with Crippen molar-refractivity contribution in [3.63, 3.8) is 0 Å². The molecule has 0 aromatic heterocycles. The van der Waals surface area contributed by atoms with Gasteiger partial charge in [0.2, 0.25) is 15.9 Å². The molecule has 0 aliphatic rings. The van der Waals surface area contributed by atoms with Crippen LogP contribution in [-0.4, -0.2) is 66.3 Å². The van der Waals surface area contributed by atoms with Crippen LogP contribution in [0.25, 0.3) is 0 Å². The summed E-state index contributed by atoms with van der Waals surface area (Å²) >= 11 is 0. The molecule has 0 fully saturated rings. The Labute approximate surface area is 151 Å². The molecular weight excluding hydrogens is 342 g/mol. The average molecular weight is 372 g/mol. The normalized spacial score (nSPS) is 11.4. The van der Waals surface area contributed by atoms with Crippen molar-refractivity contribution in [1.29, 1.82) is 0 Å². The van der Waals surface area contributed by atoms with Crippen molar-refractivity contribution in [1.82, 2.24) is 10.2 Å². The Hall–Kier alpha value is -1.80. The second-order valence-corrected chi connectivity index (χ2v) is 8.17. The van der Waals surface area contributed by atoms with Crippen LogP contribution in [0.5, 0.6) is 5.75 Å². The van der Waals surface area contributed by atoms with Gasteiger partial charge >= 0.3 is 0 Å². The van der Waals surface area contributed by atoms with E-state index in [0.717, 1.165) is 24.8 Å². The van der Waals surface area contributed by atoms with E-state index in [-0.39, 0.29) is 18.9 Å². The maximum Gasteiger partial charge on any atom is 0.232 e. The van der Waals surface area contributed by atoms with Gasteiger partial charge in [-0.15, -0.1) is 0 Å². The summed E-state index contributed by atoms with van der Waals surface area (Å²) in [6.45, 7) is 3.40. The number of carbonyl (C=O) groups is 1. The Bertz CT molecular complexity index is 674. The lowest BCUT2D eigenvalue weighted by atomic mass is 10.2. The van der Waals surface area contributed by atoms with Gasteiger partial charge in [0.25, 0.3) is 0 Å². The smallest absolute Gasteiger partial charge is 0.232 e. The molecule has 1 amide bonds. The third-order valence-electron chi connectivity index (χ3n) is 3.65. The fourth-order valence-electron chi connectivity index (χ4n) is 2.37. The molecule has 0 atom stereocenters. The molecule has 8 heteroatoms. The summed E-state index contributed by atoms with van der Waals surface area (Å²) in [5.41, 5.74) is 1.36. The molecule has 0 saturated heterocycles. The highest BCUT2D eigenvalue weighted by atomic mass is 32.2. The lowest BCUT2D eigenvalue weighted by molar-refractivity contribution is -0.120. The summed E-state index contributed by atoms with van der Waals surface area (Å²) in [5.74, 6) is 0.293. The van der Waals surface area contributed by atoms with Gasteiger partial charge in [0.05, 0.1) is 19.1 Å². The maximum atomic E-state index is 12.2. The van der Waals surface area contributed by atoms with Gasteiger partial charge in [-0.3, -0.25) is 9.10 Å². The van der Waals surface area contributed by atoms with Crippen LogP contribution in [0, 0.1) is 6.92 Å². The highest BCUT2D eigenvalue weighted by Gasteiger charge is 2.22. The standard InChI is InChI=1S/C17H29N3O4S/c1-14-7-8-16(24-4)15(13-14)20(25(5,22)23)12-9-17(21)18-10-6-11-19(2)3/h7-8,13H,6,9-12H2,1-5H3,(H,18,21). The molecule has 0 heterocycles. The second-order valence-electron chi connectivity index (χ2n) is 6.27. The fourth-order valence-corrected chi connectivity index (χ4v) is 3.30. The van der Waals surface area contributed by atoms with Gasteiger partial charge < -0.3 is 15.0 Å².